The normalized spacial score (nSPS) is 22.6. The summed E-state index contributed by atoms with van der Waals surface area (Å²) in [4.78, 5) is 11.5. The minimum Gasteiger partial charge on any atom is -0.380 e. The van der Waals surface area contributed by atoms with Crippen LogP contribution in [0, 0.1) is 5.92 Å². The molecule has 1 unspecified atom stereocenters. The average molecular weight is 194 g/mol. The topological polar surface area (TPSA) is 44.1 Å². The monoisotopic (exact) mass is 194 g/mol. The van der Waals surface area contributed by atoms with Crippen molar-refractivity contribution in [2.24, 2.45) is 13.0 Å². The van der Waals surface area contributed by atoms with Crippen LogP contribution in [-0.4, -0.2) is 28.8 Å². The van der Waals surface area contributed by atoms with Crippen molar-refractivity contribution in [1.82, 2.24) is 9.78 Å². The van der Waals surface area contributed by atoms with Gasteiger partial charge in [0.25, 0.3) is 0 Å². The molecule has 0 saturated carbocycles. The molecule has 4 nitrogen and oxygen atoms in total. The molecule has 1 aromatic heterocycles. The second-order valence-corrected chi connectivity index (χ2v) is 3.67. The van der Waals surface area contributed by atoms with E-state index in [1.807, 2.05) is 19.3 Å². The van der Waals surface area contributed by atoms with Gasteiger partial charge in [0.05, 0.1) is 18.9 Å². The number of nitrogens with zero attached hydrogens (tertiary/aromatic N) is 2. The van der Waals surface area contributed by atoms with Crippen LogP contribution in [0.4, 0.5) is 0 Å². The van der Waals surface area contributed by atoms with Crippen LogP contribution in [-0.2, 0) is 23.0 Å². The zero-order chi connectivity index (χ0) is 9.97. The summed E-state index contributed by atoms with van der Waals surface area (Å²) in [6.45, 7) is 1.13. The molecule has 1 fully saturated rings. The summed E-state index contributed by atoms with van der Waals surface area (Å²) in [5.74, 6) is 0.320. The zero-order valence-corrected chi connectivity index (χ0v) is 8.27. The Morgan fingerprint density at radius 1 is 1.71 bits per heavy atom. The van der Waals surface area contributed by atoms with Crippen molar-refractivity contribution in [2.75, 3.05) is 13.2 Å². The van der Waals surface area contributed by atoms with Gasteiger partial charge in [-0.3, -0.25) is 9.48 Å². The van der Waals surface area contributed by atoms with Crippen molar-refractivity contribution in [2.45, 2.75) is 12.8 Å². The van der Waals surface area contributed by atoms with Crippen LogP contribution < -0.4 is 0 Å². The summed E-state index contributed by atoms with van der Waals surface area (Å²) in [5.41, 5.74) is 0.969. The largest absolute Gasteiger partial charge is 0.380 e. The van der Waals surface area contributed by atoms with Crippen LogP contribution in [0.15, 0.2) is 12.3 Å². The second kappa shape index (κ2) is 3.92. The molecule has 4 heteroatoms. The van der Waals surface area contributed by atoms with Crippen LogP contribution in [0.3, 0.4) is 0 Å². The summed E-state index contributed by atoms with van der Waals surface area (Å²) >= 11 is 0. The Bertz CT molecular complexity index is 333. The smallest absolute Gasteiger partial charge is 0.140 e. The molecule has 2 rings (SSSR count). The van der Waals surface area contributed by atoms with Gasteiger partial charge in [0.1, 0.15) is 5.78 Å². The van der Waals surface area contributed by atoms with Crippen LogP contribution in [0.25, 0.3) is 0 Å². The lowest BCUT2D eigenvalue weighted by molar-refractivity contribution is -0.130. The number of carbonyl (C=O) groups is 1. The van der Waals surface area contributed by atoms with Gasteiger partial charge in [-0.15, -0.1) is 0 Å². The van der Waals surface area contributed by atoms with Gasteiger partial charge in [-0.1, -0.05) is 0 Å². The molecule has 1 aliphatic heterocycles. The van der Waals surface area contributed by atoms with Crippen LogP contribution in [0.2, 0.25) is 0 Å². The van der Waals surface area contributed by atoms with Crippen molar-refractivity contribution < 1.29 is 9.53 Å². The minimum atomic E-state index is 0.0126. The first-order valence-corrected chi connectivity index (χ1v) is 4.84. The lowest BCUT2D eigenvalue weighted by Gasteiger charge is -2.19. The molecule has 76 valence electrons. The molecule has 1 aliphatic rings. The summed E-state index contributed by atoms with van der Waals surface area (Å²) in [6.07, 6.45) is 3.15. The highest BCUT2D eigenvalue weighted by molar-refractivity contribution is 5.82. The van der Waals surface area contributed by atoms with E-state index < -0.39 is 0 Å². The number of carbonyl (C=O) groups excluding carboxylic acids is 1. The highest BCUT2D eigenvalue weighted by atomic mass is 16.5. The fourth-order valence-electron chi connectivity index (χ4n) is 1.69. The summed E-state index contributed by atoms with van der Waals surface area (Å²) in [7, 11) is 1.88. The lowest BCUT2D eigenvalue weighted by Crippen LogP contribution is -2.29. The predicted molar refractivity (Wildman–Crippen MR) is 50.8 cm³/mol. The van der Waals surface area contributed by atoms with E-state index in [1.54, 1.807) is 4.68 Å². The van der Waals surface area contributed by atoms with Gasteiger partial charge in [0.2, 0.25) is 0 Å². The molecule has 0 spiro atoms. The van der Waals surface area contributed by atoms with Crippen LogP contribution >= 0.6 is 0 Å². The zero-order valence-electron chi connectivity index (χ0n) is 8.27. The maximum absolute atomic E-state index is 11.5. The summed E-state index contributed by atoms with van der Waals surface area (Å²) in [6, 6.07) is 1.95. The van der Waals surface area contributed by atoms with E-state index in [0.29, 0.717) is 31.8 Å². The van der Waals surface area contributed by atoms with Crippen molar-refractivity contribution >= 4 is 5.78 Å². The van der Waals surface area contributed by atoms with Gasteiger partial charge in [-0.05, 0) is 6.07 Å². The Balaban J connectivity index is 1.99. The third-order valence-corrected chi connectivity index (χ3v) is 2.49. The molecule has 14 heavy (non-hydrogen) atoms. The van der Waals surface area contributed by atoms with Crippen LogP contribution in [0.1, 0.15) is 12.1 Å². The fraction of sp³-hybridized carbons (Fsp3) is 0.600. The molecule has 2 heterocycles. The number of hydrogen-bond acceptors (Lipinski definition) is 3. The van der Waals surface area contributed by atoms with Crippen molar-refractivity contribution in [3.63, 3.8) is 0 Å². The highest BCUT2D eigenvalue weighted by Gasteiger charge is 2.23. The molecule has 0 aliphatic carbocycles. The van der Waals surface area contributed by atoms with E-state index in [-0.39, 0.29) is 5.92 Å². The van der Waals surface area contributed by atoms with Crippen molar-refractivity contribution in [3.05, 3.63) is 18.0 Å². The first-order chi connectivity index (χ1) is 6.75. The first-order valence-electron chi connectivity index (χ1n) is 4.84. The standard InChI is InChI=1S/C10H14N2O2/c1-12-4-2-9(11-12)6-8-7-14-5-3-10(8)13/h2,4,8H,3,5-7H2,1H3. The number of aryl methyl sites for hydroxylation is 1. The number of hydrogen-bond donors (Lipinski definition) is 0. The van der Waals surface area contributed by atoms with E-state index in [2.05, 4.69) is 5.10 Å². The van der Waals surface area contributed by atoms with E-state index in [9.17, 15) is 4.79 Å². The molecule has 1 saturated heterocycles. The van der Waals surface area contributed by atoms with E-state index in [4.69, 9.17) is 4.74 Å². The minimum absolute atomic E-state index is 0.0126. The molecule has 0 radical (unpaired) electrons. The number of ether oxygens (including phenoxy) is 1. The molecule has 0 N–H and O–H groups in total. The number of ketones is 1. The Labute approximate surface area is 82.9 Å². The summed E-state index contributed by atoms with van der Waals surface area (Å²) in [5, 5.41) is 4.25. The van der Waals surface area contributed by atoms with Gasteiger partial charge in [-0.25, -0.2) is 0 Å². The van der Waals surface area contributed by atoms with Gasteiger partial charge < -0.3 is 4.74 Å². The molecule has 1 atom stereocenters. The van der Waals surface area contributed by atoms with Gasteiger partial charge in [-0.2, -0.15) is 5.10 Å². The molecule has 0 amide bonds. The molecular formula is C10H14N2O2. The summed E-state index contributed by atoms with van der Waals surface area (Å²) < 4.78 is 7.03. The van der Waals surface area contributed by atoms with Crippen molar-refractivity contribution in [3.8, 4) is 0 Å². The second-order valence-electron chi connectivity index (χ2n) is 3.67. The van der Waals surface area contributed by atoms with E-state index in [0.717, 1.165) is 5.69 Å². The maximum atomic E-state index is 11.5. The first kappa shape index (κ1) is 9.40. The third-order valence-electron chi connectivity index (χ3n) is 2.49. The van der Waals surface area contributed by atoms with Gasteiger partial charge in [0.15, 0.2) is 0 Å². The highest BCUT2D eigenvalue weighted by Crippen LogP contribution is 2.14. The Hall–Kier alpha value is -1.16. The molecular weight excluding hydrogens is 180 g/mol. The Kier molecular flexibility index (Phi) is 2.63. The molecule has 1 aromatic rings. The van der Waals surface area contributed by atoms with E-state index >= 15 is 0 Å². The maximum Gasteiger partial charge on any atom is 0.140 e. The number of Topliss-reactive ketones (excluding diaryl/α,β-unsaturated/α-hetero) is 1. The quantitative estimate of drug-likeness (QED) is 0.691. The van der Waals surface area contributed by atoms with Gasteiger partial charge in [0, 0.05) is 32.0 Å². The molecule has 0 aromatic carbocycles. The number of rotatable bonds is 2. The molecule has 0 bridgehead atoms. The fourth-order valence-corrected chi connectivity index (χ4v) is 1.69. The van der Waals surface area contributed by atoms with Crippen molar-refractivity contribution in [1.29, 1.82) is 0 Å². The Morgan fingerprint density at radius 2 is 2.57 bits per heavy atom. The van der Waals surface area contributed by atoms with Crippen LogP contribution in [0.5, 0.6) is 0 Å². The lowest BCUT2D eigenvalue weighted by atomic mass is 9.96. The third kappa shape index (κ3) is 2.01. The predicted octanol–water partition coefficient (Wildman–Crippen LogP) is 0.568. The number of aromatic nitrogens is 2. The van der Waals surface area contributed by atoms with E-state index in [1.165, 1.54) is 0 Å². The average Bonchev–Trinajstić information content (AvgIpc) is 2.56. The SMILES string of the molecule is Cn1ccc(CC2COCCC2=O)n1. The Morgan fingerprint density at radius 3 is 3.21 bits per heavy atom. The van der Waals surface area contributed by atoms with Gasteiger partial charge >= 0.3 is 0 Å².